The molecule has 2 heterocycles. The SMILES string of the molecule is Cc1cc(C)n2nc(C)c(-c3ccccc3Cl)c2n1. The van der Waals surface area contributed by atoms with Gasteiger partial charge in [-0.25, -0.2) is 9.50 Å². The standard InChI is InChI=1S/C15H14ClN3/c1-9-8-10(2)19-15(17-9)14(11(3)18-19)12-6-4-5-7-13(12)16/h4-8H,1-3H3. The zero-order chi connectivity index (χ0) is 13.6. The van der Waals surface area contributed by atoms with E-state index in [1.807, 2.05) is 55.6 Å². The first kappa shape index (κ1) is 12.2. The van der Waals surface area contributed by atoms with Gasteiger partial charge in [-0.05, 0) is 32.9 Å². The van der Waals surface area contributed by atoms with Crippen LogP contribution in [0.1, 0.15) is 17.1 Å². The molecule has 2 aromatic heterocycles. The van der Waals surface area contributed by atoms with Crippen LogP contribution in [-0.2, 0) is 0 Å². The Hall–Kier alpha value is -1.87. The van der Waals surface area contributed by atoms with Gasteiger partial charge in [-0.3, -0.25) is 0 Å². The van der Waals surface area contributed by atoms with Crippen LogP contribution in [0.4, 0.5) is 0 Å². The molecule has 19 heavy (non-hydrogen) atoms. The molecule has 0 saturated heterocycles. The largest absolute Gasteiger partial charge is 0.233 e. The fourth-order valence-corrected chi connectivity index (χ4v) is 2.64. The highest BCUT2D eigenvalue weighted by Crippen LogP contribution is 2.33. The molecule has 0 amide bonds. The van der Waals surface area contributed by atoms with E-state index in [-0.39, 0.29) is 0 Å². The van der Waals surface area contributed by atoms with E-state index in [4.69, 9.17) is 11.6 Å². The summed E-state index contributed by atoms with van der Waals surface area (Å²) in [4.78, 5) is 4.62. The molecule has 0 N–H and O–H groups in total. The van der Waals surface area contributed by atoms with E-state index < -0.39 is 0 Å². The molecule has 4 heteroatoms. The van der Waals surface area contributed by atoms with E-state index >= 15 is 0 Å². The van der Waals surface area contributed by atoms with Gasteiger partial charge in [0.1, 0.15) is 0 Å². The Bertz CT molecular complexity index is 774. The molecule has 0 saturated carbocycles. The topological polar surface area (TPSA) is 30.2 Å². The Kier molecular flexibility index (Phi) is 2.79. The molecule has 0 radical (unpaired) electrons. The summed E-state index contributed by atoms with van der Waals surface area (Å²) in [5.41, 5.74) is 5.85. The Labute approximate surface area is 116 Å². The first-order valence-electron chi connectivity index (χ1n) is 6.16. The molecule has 3 aromatic rings. The number of fused-ring (bicyclic) bond motifs is 1. The highest BCUT2D eigenvalue weighted by molar-refractivity contribution is 6.33. The number of hydrogen-bond acceptors (Lipinski definition) is 2. The fourth-order valence-electron chi connectivity index (χ4n) is 2.41. The van der Waals surface area contributed by atoms with Crippen LogP contribution in [0.25, 0.3) is 16.8 Å². The molecule has 3 rings (SSSR count). The third kappa shape index (κ3) is 1.90. The van der Waals surface area contributed by atoms with Crippen molar-refractivity contribution in [2.24, 2.45) is 0 Å². The number of nitrogens with zero attached hydrogens (tertiary/aromatic N) is 3. The lowest BCUT2D eigenvalue weighted by Crippen LogP contribution is -1.97. The molecule has 1 aromatic carbocycles. The van der Waals surface area contributed by atoms with Crippen molar-refractivity contribution in [3.63, 3.8) is 0 Å². The van der Waals surface area contributed by atoms with Gasteiger partial charge in [-0.1, -0.05) is 29.8 Å². The lowest BCUT2D eigenvalue weighted by Gasteiger charge is -2.04. The van der Waals surface area contributed by atoms with Gasteiger partial charge in [0.15, 0.2) is 5.65 Å². The number of rotatable bonds is 1. The highest BCUT2D eigenvalue weighted by atomic mass is 35.5. The second kappa shape index (κ2) is 4.35. The first-order chi connectivity index (χ1) is 9.08. The summed E-state index contributed by atoms with van der Waals surface area (Å²) < 4.78 is 1.88. The molecule has 0 spiro atoms. The minimum absolute atomic E-state index is 0.724. The molecule has 0 aliphatic heterocycles. The Morgan fingerprint density at radius 2 is 1.84 bits per heavy atom. The Balaban J connectivity index is 2.42. The summed E-state index contributed by atoms with van der Waals surface area (Å²) in [5, 5.41) is 5.29. The van der Waals surface area contributed by atoms with Gasteiger partial charge in [0.05, 0.1) is 11.3 Å². The minimum Gasteiger partial charge on any atom is -0.233 e. The predicted octanol–water partition coefficient (Wildman–Crippen LogP) is 3.97. The zero-order valence-corrected chi connectivity index (χ0v) is 11.9. The van der Waals surface area contributed by atoms with Crippen LogP contribution in [-0.4, -0.2) is 14.6 Å². The van der Waals surface area contributed by atoms with Gasteiger partial charge in [0.2, 0.25) is 0 Å². The normalized spacial score (nSPS) is 11.2. The van der Waals surface area contributed by atoms with E-state index in [1.165, 1.54) is 0 Å². The predicted molar refractivity (Wildman–Crippen MR) is 77.6 cm³/mol. The minimum atomic E-state index is 0.724. The lowest BCUT2D eigenvalue weighted by atomic mass is 10.1. The van der Waals surface area contributed by atoms with Crippen molar-refractivity contribution in [1.82, 2.24) is 14.6 Å². The second-order valence-electron chi connectivity index (χ2n) is 4.71. The number of halogens is 1. The molecule has 96 valence electrons. The molecule has 0 unspecified atom stereocenters. The molecule has 0 aliphatic rings. The highest BCUT2D eigenvalue weighted by Gasteiger charge is 2.16. The van der Waals surface area contributed by atoms with E-state index in [2.05, 4.69) is 10.1 Å². The van der Waals surface area contributed by atoms with Crippen LogP contribution < -0.4 is 0 Å². The maximum absolute atomic E-state index is 6.30. The number of hydrogen-bond donors (Lipinski definition) is 0. The molecule has 0 aliphatic carbocycles. The zero-order valence-electron chi connectivity index (χ0n) is 11.1. The quantitative estimate of drug-likeness (QED) is 0.670. The number of aromatic nitrogens is 3. The number of benzene rings is 1. The van der Waals surface area contributed by atoms with Gasteiger partial charge in [0, 0.05) is 22.0 Å². The van der Waals surface area contributed by atoms with Crippen LogP contribution in [0.3, 0.4) is 0 Å². The van der Waals surface area contributed by atoms with Crippen molar-refractivity contribution in [3.05, 3.63) is 52.4 Å². The summed E-state index contributed by atoms with van der Waals surface area (Å²) >= 11 is 6.30. The average molecular weight is 272 g/mol. The first-order valence-corrected chi connectivity index (χ1v) is 6.54. The smallest absolute Gasteiger partial charge is 0.163 e. The summed E-state index contributed by atoms with van der Waals surface area (Å²) in [6, 6.07) is 9.83. The van der Waals surface area contributed by atoms with Gasteiger partial charge in [-0.2, -0.15) is 5.10 Å². The summed E-state index contributed by atoms with van der Waals surface area (Å²) in [5.74, 6) is 0. The van der Waals surface area contributed by atoms with E-state index in [9.17, 15) is 0 Å². The molecule has 3 nitrogen and oxygen atoms in total. The van der Waals surface area contributed by atoms with Crippen LogP contribution >= 0.6 is 11.6 Å². The maximum atomic E-state index is 6.30. The van der Waals surface area contributed by atoms with Crippen molar-refractivity contribution in [1.29, 1.82) is 0 Å². The van der Waals surface area contributed by atoms with Gasteiger partial charge in [-0.15, -0.1) is 0 Å². The second-order valence-corrected chi connectivity index (χ2v) is 5.12. The van der Waals surface area contributed by atoms with Crippen molar-refractivity contribution in [2.45, 2.75) is 20.8 Å². The average Bonchev–Trinajstić information content (AvgIpc) is 2.67. The van der Waals surface area contributed by atoms with Crippen molar-refractivity contribution < 1.29 is 0 Å². The summed E-state index contributed by atoms with van der Waals surface area (Å²) in [6.45, 7) is 6.01. The Morgan fingerprint density at radius 3 is 2.58 bits per heavy atom. The fraction of sp³-hybridized carbons (Fsp3) is 0.200. The van der Waals surface area contributed by atoms with Gasteiger partial charge in [0.25, 0.3) is 0 Å². The molecule has 0 atom stereocenters. The van der Waals surface area contributed by atoms with Gasteiger partial charge >= 0.3 is 0 Å². The van der Waals surface area contributed by atoms with Crippen LogP contribution in [0.15, 0.2) is 30.3 Å². The van der Waals surface area contributed by atoms with Crippen molar-refractivity contribution in [3.8, 4) is 11.1 Å². The molecule has 0 fully saturated rings. The van der Waals surface area contributed by atoms with E-state index in [1.54, 1.807) is 0 Å². The van der Waals surface area contributed by atoms with E-state index in [0.717, 1.165) is 38.9 Å². The third-order valence-corrected chi connectivity index (χ3v) is 3.54. The lowest BCUT2D eigenvalue weighted by molar-refractivity contribution is 0.870. The molecular weight excluding hydrogens is 258 g/mol. The summed E-state index contributed by atoms with van der Waals surface area (Å²) in [7, 11) is 0. The monoisotopic (exact) mass is 271 g/mol. The van der Waals surface area contributed by atoms with Crippen molar-refractivity contribution >= 4 is 17.2 Å². The number of aryl methyl sites for hydroxylation is 3. The third-order valence-electron chi connectivity index (χ3n) is 3.21. The van der Waals surface area contributed by atoms with Crippen molar-refractivity contribution in [2.75, 3.05) is 0 Å². The van der Waals surface area contributed by atoms with Gasteiger partial charge < -0.3 is 0 Å². The Morgan fingerprint density at radius 1 is 1.11 bits per heavy atom. The molecule has 0 bridgehead atoms. The van der Waals surface area contributed by atoms with E-state index in [0.29, 0.717) is 0 Å². The summed E-state index contributed by atoms with van der Waals surface area (Å²) in [6.07, 6.45) is 0. The molecular formula is C15H14ClN3. The van der Waals surface area contributed by atoms with Crippen LogP contribution in [0, 0.1) is 20.8 Å². The van der Waals surface area contributed by atoms with Crippen LogP contribution in [0.5, 0.6) is 0 Å². The maximum Gasteiger partial charge on any atom is 0.163 e. The van der Waals surface area contributed by atoms with Crippen LogP contribution in [0.2, 0.25) is 5.02 Å².